The van der Waals surface area contributed by atoms with Crippen molar-refractivity contribution in [3.63, 3.8) is 0 Å². The van der Waals surface area contributed by atoms with Crippen LogP contribution in [0.15, 0.2) is 30.4 Å². The van der Waals surface area contributed by atoms with E-state index in [1.54, 1.807) is 7.11 Å². The monoisotopic (exact) mass is 314 g/mol. The zero-order valence-corrected chi connectivity index (χ0v) is 15.2. The molecule has 0 heterocycles. The van der Waals surface area contributed by atoms with E-state index in [0.717, 1.165) is 30.6 Å². The molecule has 0 amide bonds. The molecule has 0 saturated heterocycles. The van der Waals surface area contributed by atoms with E-state index in [0.29, 0.717) is 12.3 Å². The van der Waals surface area contributed by atoms with Crippen molar-refractivity contribution in [1.82, 2.24) is 0 Å². The molecule has 1 aliphatic rings. The van der Waals surface area contributed by atoms with Gasteiger partial charge in [-0.3, -0.25) is 4.79 Å². The van der Waals surface area contributed by atoms with Gasteiger partial charge in [0.05, 0.1) is 7.11 Å². The van der Waals surface area contributed by atoms with Gasteiger partial charge in [0.2, 0.25) is 0 Å². The fraction of sp³-hybridized carbons (Fsp3) is 0.571. The molecule has 0 radical (unpaired) electrons. The summed E-state index contributed by atoms with van der Waals surface area (Å²) < 4.78 is 5.46. The summed E-state index contributed by atoms with van der Waals surface area (Å²) in [6.07, 6.45) is 3.59. The van der Waals surface area contributed by atoms with Crippen LogP contribution in [0.5, 0.6) is 5.75 Å². The van der Waals surface area contributed by atoms with Gasteiger partial charge in [0.25, 0.3) is 0 Å². The lowest BCUT2D eigenvalue weighted by molar-refractivity contribution is -0.119. The van der Waals surface area contributed by atoms with E-state index in [1.165, 1.54) is 11.1 Å². The van der Waals surface area contributed by atoms with E-state index in [-0.39, 0.29) is 17.1 Å². The molecule has 1 aromatic carbocycles. The van der Waals surface area contributed by atoms with Crippen LogP contribution in [-0.2, 0) is 11.2 Å². The molecule has 2 nitrogen and oxygen atoms in total. The fourth-order valence-corrected chi connectivity index (χ4v) is 3.70. The van der Waals surface area contributed by atoms with Crippen molar-refractivity contribution in [1.29, 1.82) is 0 Å². The molecular weight excluding hydrogens is 284 g/mol. The van der Waals surface area contributed by atoms with Crippen molar-refractivity contribution >= 4 is 5.78 Å². The molecular formula is C21H30O2. The van der Waals surface area contributed by atoms with Crippen LogP contribution < -0.4 is 4.74 Å². The van der Waals surface area contributed by atoms with Crippen molar-refractivity contribution in [2.24, 2.45) is 11.3 Å². The van der Waals surface area contributed by atoms with Gasteiger partial charge in [0.1, 0.15) is 5.75 Å². The molecule has 0 N–H and O–H groups in total. The number of Topliss-reactive ketones (excluding diaryl/α,β-unsaturated/α-hetero) is 1. The van der Waals surface area contributed by atoms with E-state index >= 15 is 0 Å². The van der Waals surface area contributed by atoms with Gasteiger partial charge in [-0.1, -0.05) is 46.4 Å². The van der Waals surface area contributed by atoms with Gasteiger partial charge >= 0.3 is 0 Å². The van der Waals surface area contributed by atoms with Gasteiger partial charge in [-0.2, -0.15) is 0 Å². The van der Waals surface area contributed by atoms with Crippen LogP contribution in [-0.4, -0.2) is 12.9 Å². The molecule has 126 valence electrons. The number of allylic oxidation sites excluding steroid dienone is 1. The van der Waals surface area contributed by atoms with E-state index < -0.39 is 0 Å². The van der Waals surface area contributed by atoms with Crippen molar-refractivity contribution in [2.45, 2.75) is 59.3 Å². The standard InChI is InChI=1S/C21H30O2/c1-14(2)17-13-16(8-10-20(17)23-6)7-9-18-15(3)19(22)11-12-21(18,4)5/h8,10,13-14,18H,3,7,9,11-12H2,1-2,4-6H3. The summed E-state index contributed by atoms with van der Waals surface area (Å²) >= 11 is 0. The molecule has 0 aromatic heterocycles. The third-order valence-electron chi connectivity index (χ3n) is 5.36. The van der Waals surface area contributed by atoms with Gasteiger partial charge < -0.3 is 4.74 Å². The topological polar surface area (TPSA) is 26.3 Å². The molecule has 0 spiro atoms. The van der Waals surface area contributed by atoms with E-state index in [1.807, 2.05) is 0 Å². The van der Waals surface area contributed by atoms with E-state index in [2.05, 4.69) is 52.5 Å². The van der Waals surface area contributed by atoms with Crippen LogP contribution in [0, 0.1) is 11.3 Å². The maximum atomic E-state index is 12.0. The maximum absolute atomic E-state index is 12.0. The Kier molecular flexibility index (Phi) is 5.33. The fourth-order valence-electron chi connectivity index (χ4n) is 3.70. The lowest BCUT2D eigenvalue weighted by Gasteiger charge is -2.39. The minimum Gasteiger partial charge on any atom is -0.496 e. The number of rotatable bonds is 5. The third-order valence-corrected chi connectivity index (χ3v) is 5.36. The maximum Gasteiger partial charge on any atom is 0.158 e. The first-order valence-corrected chi connectivity index (χ1v) is 8.65. The van der Waals surface area contributed by atoms with Gasteiger partial charge in [0, 0.05) is 6.42 Å². The molecule has 2 rings (SSSR count). The highest BCUT2D eigenvalue weighted by molar-refractivity contribution is 5.96. The highest BCUT2D eigenvalue weighted by Gasteiger charge is 2.37. The number of hydrogen-bond acceptors (Lipinski definition) is 2. The Morgan fingerprint density at radius 3 is 2.65 bits per heavy atom. The van der Waals surface area contributed by atoms with Gasteiger partial charge in [0.15, 0.2) is 5.78 Å². The Hall–Kier alpha value is -1.57. The van der Waals surface area contributed by atoms with Crippen molar-refractivity contribution in [2.75, 3.05) is 7.11 Å². The molecule has 1 unspecified atom stereocenters. The minimum absolute atomic E-state index is 0.165. The number of methoxy groups -OCH3 is 1. The second kappa shape index (κ2) is 6.90. The van der Waals surface area contributed by atoms with Gasteiger partial charge in [-0.25, -0.2) is 0 Å². The van der Waals surface area contributed by atoms with Crippen molar-refractivity contribution in [3.05, 3.63) is 41.5 Å². The summed E-state index contributed by atoms with van der Waals surface area (Å²) in [7, 11) is 1.72. The van der Waals surface area contributed by atoms with Crippen molar-refractivity contribution in [3.8, 4) is 5.75 Å². The summed E-state index contributed by atoms with van der Waals surface area (Å²) in [4.78, 5) is 12.0. The lowest BCUT2D eigenvalue weighted by atomic mass is 9.64. The SMILES string of the molecule is C=C1C(=O)CCC(C)(C)C1CCc1ccc(OC)c(C(C)C)c1. The Morgan fingerprint density at radius 2 is 2.04 bits per heavy atom. The first-order chi connectivity index (χ1) is 10.8. The zero-order chi connectivity index (χ0) is 17.2. The number of ether oxygens (including phenoxy) is 1. The largest absolute Gasteiger partial charge is 0.496 e. The van der Waals surface area contributed by atoms with E-state index in [4.69, 9.17) is 4.74 Å². The number of ketones is 1. The molecule has 1 aliphatic carbocycles. The van der Waals surface area contributed by atoms with Crippen LogP contribution in [0.2, 0.25) is 0 Å². The number of carbonyl (C=O) groups is 1. The average molecular weight is 314 g/mol. The Labute approximate surface area is 140 Å². The van der Waals surface area contributed by atoms with Crippen LogP contribution >= 0.6 is 0 Å². The summed E-state index contributed by atoms with van der Waals surface area (Å²) in [6, 6.07) is 6.46. The number of aryl methyl sites for hydroxylation is 1. The molecule has 0 aliphatic heterocycles. The first-order valence-electron chi connectivity index (χ1n) is 8.65. The normalized spacial score (nSPS) is 20.9. The molecule has 1 fully saturated rings. The molecule has 1 saturated carbocycles. The zero-order valence-electron chi connectivity index (χ0n) is 15.2. The Balaban J connectivity index is 2.15. The third kappa shape index (κ3) is 3.85. The molecule has 0 bridgehead atoms. The summed E-state index contributed by atoms with van der Waals surface area (Å²) in [5, 5.41) is 0. The molecule has 1 atom stereocenters. The first kappa shape index (κ1) is 17.8. The van der Waals surface area contributed by atoms with Crippen LogP contribution in [0.3, 0.4) is 0 Å². The Bertz CT molecular complexity index is 596. The summed E-state index contributed by atoms with van der Waals surface area (Å²) in [5.74, 6) is 1.94. The smallest absolute Gasteiger partial charge is 0.158 e. The molecule has 2 heteroatoms. The molecule has 23 heavy (non-hydrogen) atoms. The minimum atomic E-state index is 0.165. The van der Waals surface area contributed by atoms with Crippen LogP contribution in [0.25, 0.3) is 0 Å². The van der Waals surface area contributed by atoms with Crippen LogP contribution in [0.1, 0.15) is 64.0 Å². The molecule has 1 aromatic rings. The average Bonchev–Trinajstić information content (AvgIpc) is 2.51. The predicted octanol–water partition coefficient (Wildman–Crippen LogP) is 5.31. The predicted molar refractivity (Wildman–Crippen MR) is 96.1 cm³/mol. The van der Waals surface area contributed by atoms with E-state index in [9.17, 15) is 4.79 Å². The van der Waals surface area contributed by atoms with Crippen LogP contribution in [0.4, 0.5) is 0 Å². The van der Waals surface area contributed by atoms with Crippen molar-refractivity contribution < 1.29 is 9.53 Å². The lowest BCUT2D eigenvalue weighted by Crippen LogP contribution is -2.34. The second-order valence-corrected chi connectivity index (χ2v) is 7.76. The van der Waals surface area contributed by atoms with Gasteiger partial charge in [-0.05, 0) is 59.3 Å². The number of carbonyl (C=O) groups excluding carboxylic acids is 1. The summed E-state index contributed by atoms with van der Waals surface area (Å²) in [5.41, 5.74) is 3.57. The highest BCUT2D eigenvalue weighted by Crippen LogP contribution is 2.44. The van der Waals surface area contributed by atoms with Gasteiger partial charge in [-0.15, -0.1) is 0 Å². The quantitative estimate of drug-likeness (QED) is 0.688. The number of hydrogen-bond donors (Lipinski definition) is 0. The number of benzene rings is 1. The second-order valence-electron chi connectivity index (χ2n) is 7.76. The Morgan fingerprint density at radius 1 is 1.35 bits per heavy atom. The summed E-state index contributed by atoms with van der Waals surface area (Å²) in [6.45, 7) is 13.0. The highest BCUT2D eigenvalue weighted by atomic mass is 16.5.